The van der Waals surface area contributed by atoms with E-state index in [1.54, 1.807) is 42.6 Å². The number of aromatic nitrogens is 1. The molecule has 0 bridgehead atoms. The van der Waals surface area contributed by atoms with Crippen molar-refractivity contribution in [3.8, 4) is 17.4 Å². The fourth-order valence-electron chi connectivity index (χ4n) is 3.53. The minimum absolute atomic E-state index is 0.152. The first-order valence-corrected chi connectivity index (χ1v) is 9.80. The molecule has 2 aromatic heterocycles. The van der Waals surface area contributed by atoms with Crippen molar-refractivity contribution in [3.05, 3.63) is 66.1 Å². The molecular formula is C23H22N4O3. The van der Waals surface area contributed by atoms with Crippen LogP contribution in [0.4, 0.5) is 11.5 Å². The number of nitrogens with zero attached hydrogens (tertiary/aromatic N) is 3. The number of ether oxygens (including phenoxy) is 1. The Kier molecular flexibility index (Phi) is 5.50. The van der Waals surface area contributed by atoms with E-state index >= 15 is 0 Å². The number of hydrogen-bond donors (Lipinski definition) is 1. The molecule has 0 saturated carbocycles. The molecule has 0 spiro atoms. The molecule has 1 amide bonds. The number of carbonyl (C=O) groups is 1. The Balaban J connectivity index is 1.41. The van der Waals surface area contributed by atoms with E-state index in [0.717, 1.165) is 24.5 Å². The van der Waals surface area contributed by atoms with Crippen LogP contribution in [0.1, 0.15) is 30.0 Å². The molecule has 1 N–H and O–H groups in total. The number of furan rings is 1. The Bertz CT molecular complexity index is 1060. The van der Waals surface area contributed by atoms with Gasteiger partial charge in [0.2, 0.25) is 0 Å². The average Bonchev–Trinajstić information content (AvgIpc) is 3.24. The minimum Gasteiger partial charge on any atom is -0.451 e. The van der Waals surface area contributed by atoms with E-state index < -0.39 is 0 Å². The zero-order valence-electron chi connectivity index (χ0n) is 16.8. The summed E-state index contributed by atoms with van der Waals surface area (Å²) in [5.41, 5.74) is 1.96. The van der Waals surface area contributed by atoms with E-state index in [9.17, 15) is 4.79 Å². The van der Waals surface area contributed by atoms with Gasteiger partial charge in [0.1, 0.15) is 11.6 Å². The topological polar surface area (TPSA) is 91.4 Å². The zero-order valence-corrected chi connectivity index (χ0v) is 16.8. The van der Waals surface area contributed by atoms with Crippen LogP contribution in [-0.4, -0.2) is 36.2 Å². The van der Waals surface area contributed by atoms with E-state index in [1.165, 1.54) is 0 Å². The van der Waals surface area contributed by atoms with Gasteiger partial charge in [-0.2, -0.15) is 5.26 Å². The molecule has 30 heavy (non-hydrogen) atoms. The molecule has 7 nitrogen and oxygen atoms in total. The molecule has 1 aliphatic heterocycles. The SMILES string of the molecule is C[C@@H]1CN(c2ccc(NC(=O)c3ccc(-c4ccc(C#N)cc4)o3)cn2)C[C@H](C)O1. The van der Waals surface area contributed by atoms with Crippen LogP contribution in [0.5, 0.6) is 0 Å². The molecule has 1 saturated heterocycles. The van der Waals surface area contributed by atoms with Gasteiger partial charge in [0.25, 0.3) is 5.91 Å². The lowest BCUT2D eigenvalue weighted by Crippen LogP contribution is -2.45. The van der Waals surface area contributed by atoms with Crippen LogP contribution in [0.3, 0.4) is 0 Å². The van der Waals surface area contributed by atoms with Gasteiger partial charge < -0.3 is 19.4 Å². The molecular weight excluding hydrogens is 380 g/mol. The summed E-state index contributed by atoms with van der Waals surface area (Å²) in [6, 6.07) is 16.2. The Morgan fingerprint density at radius 1 is 1.10 bits per heavy atom. The fourth-order valence-corrected chi connectivity index (χ4v) is 3.53. The second kappa shape index (κ2) is 8.39. The van der Waals surface area contributed by atoms with E-state index in [0.29, 0.717) is 17.0 Å². The highest BCUT2D eigenvalue weighted by Gasteiger charge is 2.23. The number of anilines is 2. The van der Waals surface area contributed by atoms with Crippen molar-refractivity contribution >= 4 is 17.4 Å². The van der Waals surface area contributed by atoms with Gasteiger partial charge in [0.05, 0.1) is 35.7 Å². The highest BCUT2D eigenvalue weighted by atomic mass is 16.5. The third kappa shape index (κ3) is 4.34. The Morgan fingerprint density at radius 2 is 1.83 bits per heavy atom. The van der Waals surface area contributed by atoms with E-state index in [-0.39, 0.29) is 23.9 Å². The van der Waals surface area contributed by atoms with Crippen LogP contribution in [0, 0.1) is 11.3 Å². The first-order valence-electron chi connectivity index (χ1n) is 9.80. The number of nitriles is 1. The molecule has 3 heterocycles. The van der Waals surface area contributed by atoms with E-state index in [2.05, 4.69) is 21.3 Å². The van der Waals surface area contributed by atoms with Crippen LogP contribution >= 0.6 is 0 Å². The van der Waals surface area contributed by atoms with Crippen LogP contribution in [0.2, 0.25) is 0 Å². The highest BCUT2D eigenvalue weighted by Crippen LogP contribution is 2.24. The summed E-state index contributed by atoms with van der Waals surface area (Å²) < 4.78 is 11.4. The van der Waals surface area contributed by atoms with Gasteiger partial charge in [0.15, 0.2) is 5.76 Å². The number of morpholine rings is 1. The molecule has 1 fully saturated rings. The van der Waals surface area contributed by atoms with Gasteiger partial charge in [-0.15, -0.1) is 0 Å². The minimum atomic E-state index is -0.349. The smallest absolute Gasteiger partial charge is 0.291 e. The van der Waals surface area contributed by atoms with Crippen LogP contribution in [-0.2, 0) is 4.74 Å². The molecule has 4 rings (SSSR count). The predicted molar refractivity (Wildman–Crippen MR) is 113 cm³/mol. The number of hydrogen-bond acceptors (Lipinski definition) is 6. The van der Waals surface area contributed by atoms with Crippen LogP contribution < -0.4 is 10.2 Å². The molecule has 3 aromatic rings. The van der Waals surface area contributed by atoms with Crippen LogP contribution in [0.25, 0.3) is 11.3 Å². The largest absolute Gasteiger partial charge is 0.451 e. The average molecular weight is 402 g/mol. The number of benzene rings is 1. The van der Waals surface area contributed by atoms with Crippen molar-refractivity contribution in [2.24, 2.45) is 0 Å². The third-order valence-corrected chi connectivity index (χ3v) is 4.88. The lowest BCUT2D eigenvalue weighted by atomic mass is 10.1. The maximum absolute atomic E-state index is 12.5. The fraction of sp³-hybridized carbons (Fsp3) is 0.261. The molecule has 7 heteroatoms. The molecule has 2 atom stereocenters. The van der Waals surface area contributed by atoms with Crippen molar-refractivity contribution in [2.75, 3.05) is 23.3 Å². The van der Waals surface area contributed by atoms with Crippen LogP contribution in [0.15, 0.2) is 59.1 Å². The van der Waals surface area contributed by atoms with Gasteiger partial charge in [-0.1, -0.05) is 0 Å². The summed E-state index contributed by atoms with van der Waals surface area (Å²) in [6.07, 6.45) is 1.95. The number of amides is 1. The maximum Gasteiger partial charge on any atom is 0.291 e. The zero-order chi connectivity index (χ0) is 21.1. The lowest BCUT2D eigenvalue weighted by Gasteiger charge is -2.36. The quantitative estimate of drug-likeness (QED) is 0.707. The maximum atomic E-state index is 12.5. The molecule has 1 aliphatic rings. The van der Waals surface area contributed by atoms with Crippen molar-refractivity contribution in [2.45, 2.75) is 26.1 Å². The number of carbonyl (C=O) groups excluding carboxylic acids is 1. The number of nitrogens with one attached hydrogen (secondary N) is 1. The van der Waals surface area contributed by atoms with Crippen molar-refractivity contribution in [1.29, 1.82) is 5.26 Å². The van der Waals surface area contributed by atoms with Crippen molar-refractivity contribution < 1.29 is 13.9 Å². The van der Waals surface area contributed by atoms with E-state index in [4.69, 9.17) is 14.4 Å². The van der Waals surface area contributed by atoms with Gasteiger partial charge in [-0.3, -0.25) is 4.79 Å². The van der Waals surface area contributed by atoms with Gasteiger partial charge in [0, 0.05) is 18.7 Å². The molecule has 0 radical (unpaired) electrons. The highest BCUT2D eigenvalue weighted by molar-refractivity contribution is 6.02. The summed E-state index contributed by atoms with van der Waals surface area (Å²) in [5.74, 6) is 1.28. The molecule has 0 aliphatic carbocycles. The van der Waals surface area contributed by atoms with Gasteiger partial charge in [-0.05, 0) is 62.4 Å². The first-order chi connectivity index (χ1) is 14.5. The summed E-state index contributed by atoms with van der Waals surface area (Å²) >= 11 is 0. The van der Waals surface area contributed by atoms with Gasteiger partial charge >= 0.3 is 0 Å². The van der Waals surface area contributed by atoms with Crippen molar-refractivity contribution in [3.63, 3.8) is 0 Å². The normalized spacial score (nSPS) is 18.6. The summed E-state index contributed by atoms with van der Waals surface area (Å²) in [6.45, 7) is 5.67. The van der Waals surface area contributed by atoms with E-state index in [1.807, 2.05) is 26.0 Å². The number of pyridine rings is 1. The predicted octanol–water partition coefficient (Wildman–Crippen LogP) is 4.08. The van der Waals surface area contributed by atoms with Gasteiger partial charge in [-0.25, -0.2) is 4.98 Å². The lowest BCUT2D eigenvalue weighted by molar-refractivity contribution is -0.00545. The molecule has 152 valence electrons. The molecule has 1 aromatic carbocycles. The molecule has 0 unspecified atom stereocenters. The monoisotopic (exact) mass is 402 g/mol. The standard InChI is InChI=1S/C23H22N4O3/c1-15-13-27(14-16(2)29-15)22-10-7-19(12-25-22)26-23(28)21-9-8-20(30-21)18-5-3-17(11-24)4-6-18/h3-10,12,15-16H,13-14H2,1-2H3,(H,26,28)/t15-,16+. The Hall–Kier alpha value is -3.63. The third-order valence-electron chi connectivity index (χ3n) is 4.88. The second-order valence-corrected chi connectivity index (χ2v) is 7.37. The Labute approximate surface area is 174 Å². The summed E-state index contributed by atoms with van der Waals surface area (Å²) in [5, 5.41) is 11.7. The number of rotatable bonds is 4. The van der Waals surface area contributed by atoms with Crippen molar-refractivity contribution in [1.82, 2.24) is 4.98 Å². The second-order valence-electron chi connectivity index (χ2n) is 7.37. The Morgan fingerprint density at radius 3 is 2.47 bits per heavy atom. The first kappa shape index (κ1) is 19.7. The summed E-state index contributed by atoms with van der Waals surface area (Å²) in [4.78, 5) is 19.2. The summed E-state index contributed by atoms with van der Waals surface area (Å²) in [7, 11) is 0.